The average molecular weight is 277 g/mol. The zero-order valence-corrected chi connectivity index (χ0v) is 10.9. The molecule has 1 N–H and O–H groups in total. The quantitative estimate of drug-likeness (QED) is 0.853. The normalized spacial score (nSPS) is 22.6. The molecule has 1 saturated carbocycles. The number of aromatic nitrogens is 2. The summed E-state index contributed by atoms with van der Waals surface area (Å²) >= 11 is 0. The number of rotatable bonds is 3. The van der Waals surface area contributed by atoms with E-state index in [2.05, 4.69) is 9.97 Å². The SMILES string of the molecule is O=C(O)[C@@H]1COCCN1C(=O)c1ccnc(C2CC2)n1. The molecule has 2 fully saturated rings. The predicted molar refractivity (Wildman–Crippen MR) is 67.3 cm³/mol. The second-order valence-electron chi connectivity index (χ2n) is 5.00. The van der Waals surface area contributed by atoms with Crippen molar-refractivity contribution in [1.29, 1.82) is 0 Å². The number of carbonyl (C=O) groups excluding carboxylic acids is 1. The van der Waals surface area contributed by atoms with E-state index < -0.39 is 12.0 Å². The lowest BCUT2D eigenvalue weighted by Crippen LogP contribution is -2.52. The van der Waals surface area contributed by atoms with Gasteiger partial charge in [-0.2, -0.15) is 0 Å². The number of carboxylic acids is 1. The second-order valence-corrected chi connectivity index (χ2v) is 5.00. The van der Waals surface area contributed by atoms with Crippen molar-refractivity contribution < 1.29 is 19.4 Å². The first kappa shape index (κ1) is 13.0. The Kier molecular flexibility index (Phi) is 3.35. The highest BCUT2D eigenvalue weighted by Crippen LogP contribution is 2.37. The Morgan fingerprint density at radius 2 is 2.20 bits per heavy atom. The van der Waals surface area contributed by atoms with Crippen LogP contribution in [0.3, 0.4) is 0 Å². The third kappa shape index (κ3) is 2.49. The molecule has 2 heterocycles. The van der Waals surface area contributed by atoms with Crippen LogP contribution in [-0.2, 0) is 9.53 Å². The summed E-state index contributed by atoms with van der Waals surface area (Å²) in [5.74, 6) is -0.404. The predicted octanol–water partition coefficient (Wildman–Crippen LogP) is 0.280. The topological polar surface area (TPSA) is 92.6 Å². The van der Waals surface area contributed by atoms with E-state index in [4.69, 9.17) is 9.84 Å². The third-order valence-electron chi connectivity index (χ3n) is 3.51. The zero-order valence-electron chi connectivity index (χ0n) is 10.9. The van der Waals surface area contributed by atoms with Gasteiger partial charge in [0.15, 0.2) is 6.04 Å². The molecule has 1 aliphatic heterocycles. The third-order valence-corrected chi connectivity index (χ3v) is 3.51. The smallest absolute Gasteiger partial charge is 0.328 e. The molecular weight excluding hydrogens is 262 g/mol. The van der Waals surface area contributed by atoms with Gasteiger partial charge in [0.25, 0.3) is 5.91 Å². The Labute approximate surface area is 115 Å². The molecule has 20 heavy (non-hydrogen) atoms. The van der Waals surface area contributed by atoms with Crippen molar-refractivity contribution in [2.45, 2.75) is 24.8 Å². The van der Waals surface area contributed by atoms with E-state index in [0.717, 1.165) is 12.8 Å². The maximum absolute atomic E-state index is 12.4. The van der Waals surface area contributed by atoms with Crippen molar-refractivity contribution >= 4 is 11.9 Å². The minimum absolute atomic E-state index is 0.0155. The lowest BCUT2D eigenvalue weighted by Gasteiger charge is -2.32. The maximum Gasteiger partial charge on any atom is 0.328 e. The minimum Gasteiger partial charge on any atom is -0.480 e. The van der Waals surface area contributed by atoms with Crippen molar-refractivity contribution in [3.8, 4) is 0 Å². The number of hydrogen-bond donors (Lipinski definition) is 1. The van der Waals surface area contributed by atoms with Crippen LogP contribution in [-0.4, -0.2) is 57.7 Å². The van der Waals surface area contributed by atoms with Crippen molar-refractivity contribution in [3.63, 3.8) is 0 Å². The van der Waals surface area contributed by atoms with Crippen LogP contribution in [0.15, 0.2) is 12.3 Å². The fourth-order valence-corrected chi connectivity index (χ4v) is 2.23. The molecule has 7 nitrogen and oxygen atoms in total. The van der Waals surface area contributed by atoms with Gasteiger partial charge < -0.3 is 14.7 Å². The van der Waals surface area contributed by atoms with Crippen LogP contribution in [0.25, 0.3) is 0 Å². The van der Waals surface area contributed by atoms with Gasteiger partial charge in [-0.1, -0.05) is 0 Å². The van der Waals surface area contributed by atoms with Crippen LogP contribution in [0.5, 0.6) is 0 Å². The molecule has 1 saturated heterocycles. The Morgan fingerprint density at radius 1 is 1.40 bits per heavy atom. The number of morpholine rings is 1. The van der Waals surface area contributed by atoms with Crippen LogP contribution in [0, 0.1) is 0 Å². The van der Waals surface area contributed by atoms with E-state index in [1.165, 1.54) is 11.0 Å². The van der Waals surface area contributed by atoms with Gasteiger partial charge in [-0.25, -0.2) is 14.8 Å². The molecule has 1 atom stereocenters. The number of hydrogen-bond acceptors (Lipinski definition) is 5. The summed E-state index contributed by atoms with van der Waals surface area (Å²) in [5.41, 5.74) is 0.259. The zero-order chi connectivity index (χ0) is 14.1. The summed E-state index contributed by atoms with van der Waals surface area (Å²) in [4.78, 5) is 33.3. The molecule has 1 amide bonds. The van der Waals surface area contributed by atoms with Gasteiger partial charge in [0.1, 0.15) is 11.5 Å². The molecule has 0 unspecified atom stereocenters. The first-order chi connectivity index (χ1) is 9.66. The Hall–Kier alpha value is -2.02. The monoisotopic (exact) mass is 277 g/mol. The largest absolute Gasteiger partial charge is 0.480 e. The lowest BCUT2D eigenvalue weighted by molar-refractivity contribution is -0.147. The van der Waals surface area contributed by atoms with Crippen molar-refractivity contribution in [3.05, 3.63) is 23.8 Å². The standard InChI is InChI=1S/C13H15N3O4/c17-12(16-5-6-20-7-10(16)13(18)19)9-3-4-14-11(15-9)8-1-2-8/h3-4,8,10H,1-2,5-7H2,(H,18,19)/t10-/m0/s1. The summed E-state index contributed by atoms with van der Waals surface area (Å²) in [6, 6.07) is 0.582. The van der Waals surface area contributed by atoms with Crippen molar-refractivity contribution in [1.82, 2.24) is 14.9 Å². The Morgan fingerprint density at radius 3 is 2.90 bits per heavy atom. The number of aliphatic carboxylic acids is 1. The van der Waals surface area contributed by atoms with Gasteiger partial charge in [-0.3, -0.25) is 4.79 Å². The lowest BCUT2D eigenvalue weighted by atomic mass is 10.2. The number of carboxylic acid groups (broad SMARTS) is 1. The fraction of sp³-hybridized carbons (Fsp3) is 0.538. The highest BCUT2D eigenvalue weighted by molar-refractivity contribution is 5.95. The van der Waals surface area contributed by atoms with Crippen LogP contribution < -0.4 is 0 Å². The van der Waals surface area contributed by atoms with Crippen LogP contribution in [0.4, 0.5) is 0 Å². The van der Waals surface area contributed by atoms with E-state index in [0.29, 0.717) is 18.3 Å². The van der Waals surface area contributed by atoms with Crippen molar-refractivity contribution in [2.75, 3.05) is 19.8 Å². The summed E-state index contributed by atoms with van der Waals surface area (Å²) in [7, 11) is 0. The number of amides is 1. The first-order valence-electron chi connectivity index (χ1n) is 6.61. The second kappa shape index (κ2) is 5.16. The van der Waals surface area contributed by atoms with Gasteiger partial charge in [-0.05, 0) is 18.9 Å². The molecule has 0 radical (unpaired) electrons. The summed E-state index contributed by atoms with van der Waals surface area (Å²) in [5, 5.41) is 9.15. The van der Waals surface area contributed by atoms with Crippen LogP contribution in [0.2, 0.25) is 0 Å². The van der Waals surface area contributed by atoms with E-state index >= 15 is 0 Å². The van der Waals surface area contributed by atoms with Crippen molar-refractivity contribution in [2.24, 2.45) is 0 Å². The highest BCUT2D eigenvalue weighted by atomic mass is 16.5. The highest BCUT2D eigenvalue weighted by Gasteiger charge is 2.34. The molecule has 3 rings (SSSR count). The Bertz CT molecular complexity index is 544. The molecule has 106 valence electrons. The number of carbonyl (C=O) groups is 2. The minimum atomic E-state index is -1.06. The average Bonchev–Trinajstić information content (AvgIpc) is 3.31. The molecule has 0 bridgehead atoms. The molecule has 1 aromatic rings. The van der Waals surface area contributed by atoms with E-state index in [1.807, 2.05) is 0 Å². The molecular formula is C13H15N3O4. The molecule has 1 aromatic heterocycles. The summed E-state index contributed by atoms with van der Waals surface area (Å²) < 4.78 is 5.12. The van der Waals surface area contributed by atoms with Gasteiger partial charge in [-0.15, -0.1) is 0 Å². The number of nitrogens with zero attached hydrogens (tertiary/aromatic N) is 3. The van der Waals surface area contributed by atoms with E-state index in [-0.39, 0.29) is 24.8 Å². The molecule has 1 aliphatic carbocycles. The van der Waals surface area contributed by atoms with Crippen LogP contribution >= 0.6 is 0 Å². The fourth-order valence-electron chi connectivity index (χ4n) is 2.23. The molecule has 0 aromatic carbocycles. The maximum atomic E-state index is 12.4. The van der Waals surface area contributed by atoms with Gasteiger partial charge >= 0.3 is 5.97 Å². The molecule has 2 aliphatic rings. The first-order valence-corrected chi connectivity index (χ1v) is 6.61. The van der Waals surface area contributed by atoms with Gasteiger partial charge in [0.2, 0.25) is 0 Å². The Balaban J connectivity index is 1.83. The number of ether oxygens (including phenoxy) is 1. The van der Waals surface area contributed by atoms with E-state index in [9.17, 15) is 9.59 Å². The molecule has 0 spiro atoms. The van der Waals surface area contributed by atoms with Crippen LogP contribution in [0.1, 0.15) is 35.1 Å². The summed E-state index contributed by atoms with van der Waals surface area (Å²) in [6.45, 7) is 0.621. The summed E-state index contributed by atoms with van der Waals surface area (Å²) in [6.07, 6.45) is 3.66. The molecule has 7 heteroatoms. The van der Waals surface area contributed by atoms with Gasteiger partial charge in [0, 0.05) is 18.7 Å². The van der Waals surface area contributed by atoms with E-state index in [1.54, 1.807) is 6.20 Å². The van der Waals surface area contributed by atoms with Gasteiger partial charge in [0.05, 0.1) is 13.2 Å².